The summed E-state index contributed by atoms with van der Waals surface area (Å²) in [5.41, 5.74) is 4.49. The van der Waals surface area contributed by atoms with Crippen molar-refractivity contribution in [1.29, 1.82) is 0 Å². The summed E-state index contributed by atoms with van der Waals surface area (Å²) in [4.78, 5) is 15.9. The molecule has 0 saturated carbocycles. The van der Waals surface area contributed by atoms with Crippen molar-refractivity contribution in [3.63, 3.8) is 0 Å². The van der Waals surface area contributed by atoms with Gasteiger partial charge in [0.1, 0.15) is 5.75 Å². The molecule has 3 aromatic rings. The maximum atomic E-state index is 12.2. The van der Waals surface area contributed by atoms with Gasteiger partial charge in [-0.05, 0) is 53.9 Å². The van der Waals surface area contributed by atoms with Crippen LogP contribution < -0.4 is 14.5 Å². The van der Waals surface area contributed by atoms with Gasteiger partial charge < -0.3 is 19.6 Å². The molecule has 0 saturated heterocycles. The first kappa shape index (κ1) is 31.1. The van der Waals surface area contributed by atoms with Crippen molar-refractivity contribution in [2.45, 2.75) is 49.4 Å². The molecule has 10 heteroatoms. The van der Waals surface area contributed by atoms with E-state index in [2.05, 4.69) is 24.0 Å². The van der Waals surface area contributed by atoms with Crippen molar-refractivity contribution in [2.24, 2.45) is 0 Å². The molecule has 0 spiro atoms. The molecule has 8 nitrogen and oxygen atoms in total. The molecule has 0 radical (unpaired) electrons. The minimum Gasteiger partial charge on any atom is -0.497 e. The molecule has 1 aliphatic rings. The average molecular weight is 600 g/mol. The van der Waals surface area contributed by atoms with Crippen LogP contribution in [0.25, 0.3) is 0 Å². The summed E-state index contributed by atoms with van der Waals surface area (Å²) >= 11 is 1.30. The largest absolute Gasteiger partial charge is 0.497 e. The Morgan fingerprint density at radius 2 is 1.80 bits per heavy atom. The number of ether oxygens (including phenoxy) is 1. The first-order valence-corrected chi connectivity index (χ1v) is 16.5. The van der Waals surface area contributed by atoms with E-state index in [1.807, 2.05) is 77.9 Å². The van der Waals surface area contributed by atoms with E-state index in [1.54, 1.807) is 7.11 Å². The molecule has 3 N–H and O–H groups in total. The number of nitrogens with zero attached hydrogens (tertiary/aromatic N) is 3. The minimum absolute atomic E-state index is 0.0287. The lowest BCUT2D eigenvalue weighted by atomic mass is 10.1. The topological polar surface area (TPSA) is 96.7 Å². The van der Waals surface area contributed by atoms with E-state index < -0.39 is 16.7 Å². The first-order chi connectivity index (χ1) is 19.6. The minimum atomic E-state index is -3.44. The van der Waals surface area contributed by atoms with E-state index in [1.165, 1.54) is 11.8 Å². The van der Waals surface area contributed by atoms with Crippen LogP contribution in [-0.2, 0) is 17.1 Å². The predicted octanol–water partition coefficient (Wildman–Crippen LogP) is 7.32. The summed E-state index contributed by atoms with van der Waals surface area (Å²) in [5.74, 6) is 0.282. The Balaban J connectivity index is 1.89. The molecular weight excluding hydrogens is 558 g/mol. The molecule has 4 rings (SSSR count). The number of aliphatic carboxylic acids is 1. The fourth-order valence-corrected chi connectivity index (χ4v) is 7.85. The number of hydrogen-bond acceptors (Lipinski definition) is 8. The number of thioether (sulfide) groups is 1. The molecule has 0 amide bonds. The Bertz CT molecular complexity index is 1310. The number of hydrogen-bond donors (Lipinski definition) is 3. The number of anilines is 3. The third-order valence-electron chi connectivity index (χ3n) is 7.29. The summed E-state index contributed by atoms with van der Waals surface area (Å²) in [6, 6.07) is 21.6. The lowest BCUT2D eigenvalue weighted by molar-refractivity contribution is -0.133. The van der Waals surface area contributed by atoms with Crippen LogP contribution >= 0.6 is 22.5 Å². The zero-order valence-corrected chi connectivity index (χ0v) is 25.8. The Labute approximate surface area is 249 Å². The van der Waals surface area contributed by atoms with Gasteiger partial charge in [0.15, 0.2) is 0 Å². The summed E-state index contributed by atoms with van der Waals surface area (Å²) in [6.45, 7) is 3.10. The highest BCUT2D eigenvalue weighted by atomic mass is 32.3. The van der Waals surface area contributed by atoms with Crippen molar-refractivity contribution < 1.29 is 23.7 Å². The van der Waals surface area contributed by atoms with Crippen LogP contribution in [0.15, 0.2) is 71.6 Å². The Morgan fingerprint density at radius 1 is 1.10 bits per heavy atom. The molecule has 1 aliphatic heterocycles. The SMILES string of the molecule is CCCCC1CN(c2ccccc2)c2cc(N(C)C)c(CSCC(=O)O)cc2S(O)(O)N1Cc1ccc(OC)cc1. The van der Waals surface area contributed by atoms with Gasteiger partial charge in [-0.2, -0.15) is 4.31 Å². The predicted molar refractivity (Wildman–Crippen MR) is 171 cm³/mol. The van der Waals surface area contributed by atoms with Crippen LogP contribution in [0.4, 0.5) is 17.1 Å². The van der Waals surface area contributed by atoms with E-state index in [-0.39, 0.29) is 11.8 Å². The maximum absolute atomic E-state index is 12.2. The molecule has 1 heterocycles. The fourth-order valence-electron chi connectivity index (χ4n) is 5.20. The molecule has 1 unspecified atom stereocenters. The second-order valence-corrected chi connectivity index (χ2v) is 13.3. The number of carboxylic acid groups (broad SMARTS) is 1. The Kier molecular flexibility index (Phi) is 10.5. The van der Waals surface area contributed by atoms with Gasteiger partial charge in [0.25, 0.3) is 0 Å². The van der Waals surface area contributed by atoms with Crippen LogP contribution in [0.3, 0.4) is 0 Å². The highest BCUT2D eigenvalue weighted by molar-refractivity contribution is 8.22. The van der Waals surface area contributed by atoms with Crippen LogP contribution in [0.5, 0.6) is 5.75 Å². The highest BCUT2D eigenvalue weighted by Crippen LogP contribution is 2.61. The molecule has 1 atom stereocenters. The van der Waals surface area contributed by atoms with Crippen LogP contribution in [0.2, 0.25) is 0 Å². The number of benzene rings is 3. The number of carbonyl (C=O) groups is 1. The van der Waals surface area contributed by atoms with Crippen LogP contribution in [0, 0.1) is 0 Å². The van der Waals surface area contributed by atoms with Crippen LogP contribution in [-0.4, -0.2) is 64.0 Å². The third-order valence-corrected chi connectivity index (χ3v) is 10.3. The zero-order chi connectivity index (χ0) is 29.6. The first-order valence-electron chi connectivity index (χ1n) is 13.8. The van der Waals surface area contributed by atoms with Gasteiger partial charge in [0.05, 0.1) is 23.4 Å². The number of unbranched alkanes of at least 4 members (excludes halogenated alkanes) is 1. The van der Waals surface area contributed by atoms with Crippen molar-refractivity contribution in [3.05, 3.63) is 77.9 Å². The summed E-state index contributed by atoms with van der Waals surface area (Å²) in [7, 11) is 2.09. The number of carboxylic acids is 1. The summed E-state index contributed by atoms with van der Waals surface area (Å²) < 4.78 is 31.7. The number of para-hydroxylation sites is 1. The second-order valence-electron chi connectivity index (χ2n) is 10.4. The van der Waals surface area contributed by atoms with Gasteiger partial charge in [0, 0.05) is 50.4 Å². The fraction of sp³-hybridized carbons (Fsp3) is 0.387. The number of fused-ring (bicyclic) bond motifs is 1. The lowest BCUT2D eigenvalue weighted by Crippen LogP contribution is -2.41. The molecule has 0 aromatic heterocycles. The Hall–Kier alpha value is -2.89. The smallest absolute Gasteiger partial charge is 0.313 e. The van der Waals surface area contributed by atoms with Gasteiger partial charge in [0.2, 0.25) is 0 Å². The van der Waals surface area contributed by atoms with Gasteiger partial charge in [-0.3, -0.25) is 13.9 Å². The lowest BCUT2D eigenvalue weighted by Gasteiger charge is -2.45. The average Bonchev–Trinajstić information content (AvgIpc) is 3.04. The van der Waals surface area contributed by atoms with E-state index in [4.69, 9.17) is 4.74 Å². The molecule has 41 heavy (non-hydrogen) atoms. The molecule has 0 fully saturated rings. The third kappa shape index (κ3) is 7.31. The van der Waals surface area contributed by atoms with Crippen molar-refractivity contribution in [2.75, 3.05) is 43.3 Å². The Morgan fingerprint density at radius 3 is 2.41 bits per heavy atom. The van der Waals surface area contributed by atoms with Crippen molar-refractivity contribution in [3.8, 4) is 5.75 Å². The number of rotatable bonds is 12. The van der Waals surface area contributed by atoms with Gasteiger partial charge in [-0.15, -0.1) is 22.5 Å². The number of methoxy groups -OCH3 is 1. The summed E-state index contributed by atoms with van der Waals surface area (Å²) in [6.07, 6.45) is 2.76. The molecule has 0 aliphatic carbocycles. The van der Waals surface area contributed by atoms with Gasteiger partial charge in [-0.25, -0.2) is 0 Å². The quantitative estimate of drug-likeness (QED) is 0.198. The normalized spacial score (nSPS) is 17.4. The van der Waals surface area contributed by atoms with E-state index >= 15 is 0 Å². The van der Waals surface area contributed by atoms with Gasteiger partial charge in [-0.1, -0.05) is 50.1 Å². The monoisotopic (exact) mass is 599 g/mol. The van der Waals surface area contributed by atoms with Crippen LogP contribution in [0.1, 0.15) is 37.3 Å². The molecule has 0 bridgehead atoms. The van der Waals surface area contributed by atoms with E-state index in [0.29, 0.717) is 23.7 Å². The van der Waals surface area contributed by atoms with Crippen molar-refractivity contribution >= 4 is 45.6 Å². The molecule has 3 aromatic carbocycles. The van der Waals surface area contributed by atoms with Crippen molar-refractivity contribution in [1.82, 2.24) is 4.31 Å². The molecular formula is C31H41N3O5S2. The second kappa shape index (κ2) is 13.8. The van der Waals surface area contributed by atoms with E-state index in [0.717, 1.165) is 53.2 Å². The highest BCUT2D eigenvalue weighted by Gasteiger charge is 2.40. The van der Waals surface area contributed by atoms with Gasteiger partial charge >= 0.3 is 5.97 Å². The van der Waals surface area contributed by atoms with E-state index in [9.17, 15) is 19.0 Å². The standard InChI is InChI=1S/C31H41N3O5S2/c1-5-6-10-26-20-33(25-11-8-7-9-12-25)29-18-28(32(2)3)24(21-40-22-31(35)36)17-30(29)41(37,38)34(26)19-23-13-15-27(39-4)16-14-23/h7-9,11-18,26,37-38H,5-6,10,19-22H2,1-4H3,(H,35,36). The summed E-state index contributed by atoms with van der Waals surface area (Å²) in [5, 5.41) is 9.22. The maximum Gasteiger partial charge on any atom is 0.313 e. The zero-order valence-electron chi connectivity index (χ0n) is 24.2. The molecule has 222 valence electrons.